The van der Waals surface area contributed by atoms with Crippen molar-refractivity contribution in [3.63, 3.8) is 0 Å². The van der Waals surface area contributed by atoms with Gasteiger partial charge in [-0.1, -0.05) is 0 Å². The van der Waals surface area contributed by atoms with Gasteiger partial charge in [-0.05, 0) is 7.05 Å². The lowest BCUT2D eigenvalue weighted by molar-refractivity contribution is 0.236. The summed E-state index contributed by atoms with van der Waals surface area (Å²) in [5.41, 5.74) is 0. The van der Waals surface area contributed by atoms with E-state index in [9.17, 15) is 0 Å². The largest absolute Gasteiger partial charge is 0.338 e. The summed E-state index contributed by atoms with van der Waals surface area (Å²) in [6, 6.07) is 0.551. The van der Waals surface area contributed by atoms with Crippen molar-refractivity contribution in [2.75, 3.05) is 26.7 Å². The van der Waals surface area contributed by atoms with Crippen LogP contribution in [0, 0.1) is 0 Å². The Balaban J connectivity index is 1.94. The summed E-state index contributed by atoms with van der Waals surface area (Å²) in [6.07, 6.45) is 4.89. The molecule has 0 aliphatic carbocycles. The quantitative estimate of drug-likeness (QED) is 0.712. The van der Waals surface area contributed by atoms with Crippen molar-refractivity contribution in [1.29, 1.82) is 0 Å². The van der Waals surface area contributed by atoms with Gasteiger partial charge in [0, 0.05) is 51.5 Å². The van der Waals surface area contributed by atoms with Crippen molar-refractivity contribution in [3.05, 3.63) is 18.2 Å². The van der Waals surface area contributed by atoms with Crippen LogP contribution in [-0.4, -0.2) is 47.2 Å². The van der Waals surface area contributed by atoms with E-state index in [0.717, 1.165) is 31.9 Å². The highest BCUT2D eigenvalue weighted by Crippen LogP contribution is 2.03. The predicted octanol–water partition coefficient (Wildman–Crippen LogP) is -0.134. The molecule has 1 atom stereocenters. The number of likely N-dealkylation sites (N-methyl/N-ethyl adjacent to an activating group) is 1. The fourth-order valence-corrected chi connectivity index (χ4v) is 1.94. The van der Waals surface area contributed by atoms with Crippen molar-refractivity contribution in [2.24, 2.45) is 7.05 Å². The maximum absolute atomic E-state index is 4.34. The summed E-state index contributed by atoms with van der Waals surface area (Å²) in [4.78, 5) is 6.70. The zero-order chi connectivity index (χ0) is 9.97. The fourth-order valence-electron chi connectivity index (χ4n) is 1.94. The number of hydrogen-bond acceptors (Lipinski definition) is 3. The van der Waals surface area contributed by atoms with Crippen molar-refractivity contribution >= 4 is 0 Å². The van der Waals surface area contributed by atoms with Crippen molar-refractivity contribution < 1.29 is 0 Å². The van der Waals surface area contributed by atoms with Gasteiger partial charge in [-0.25, -0.2) is 4.98 Å². The van der Waals surface area contributed by atoms with Gasteiger partial charge < -0.3 is 14.8 Å². The fraction of sp³-hybridized carbons (Fsp3) is 0.700. The molecule has 14 heavy (non-hydrogen) atoms. The predicted molar refractivity (Wildman–Crippen MR) is 56.2 cm³/mol. The van der Waals surface area contributed by atoms with Gasteiger partial charge in [-0.2, -0.15) is 0 Å². The van der Waals surface area contributed by atoms with E-state index in [4.69, 9.17) is 0 Å². The second-order valence-electron chi connectivity index (χ2n) is 4.07. The highest BCUT2D eigenvalue weighted by molar-refractivity contribution is 4.96. The number of imidazole rings is 1. The minimum absolute atomic E-state index is 0.551. The van der Waals surface area contributed by atoms with Crippen molar-refractivity contribution in [2.45, 2.75) is 12.5 Å². The van der Waals surface area contributed by atoms with E-state index < -0.39 is 0 Å². The summed E-state index contributed by atoms with van der Waals surface area (Å²) in [5, 5.41) is 3.52. The summed E-state index contributed by atoms with van der Waals surface area (Å²) < 4.78 is 2.09. The molecule has 1 saturated heterocycles. The Bertz CT molecular complexity index is 294. The Kier molecular flexibility index (Phi) is 2.84. The third-order valence-corrected chi connectivity index (χ3v) is 2.81. The van der Waals surface area contributed by atoms with E-state index >= 15 is 0 Å². The first kappa shape index (κ1) is 9.68. The number of aromatic nitrogens is 2. The average molecular weight is 194 g/mol. The molecule has 1 aliphatic rings. The Morgan fingerprint density at radius 2 is 2.43 bits per heavy atom. The standard InChI is InChI=1S/C10H18N4/c1-13-5-3-11-9(8-13)7-10-12-4-6-14(10)2/h4,6,9,11H,3,5,7-8H2,1-2H3. The molecule has 0 spiro atoms. The molecule has 1 unspecified atom stereocenters. The Morgan fingerprint density at radius 1 is 1.57 bits per heavy atom. The van der Waals surface area contributed by atoms with Gasteiger partial charge in [-0.15, -0.1) is 0 Å². The van der Waals surface area contributed by atoms with Crippen LogP contribution in [0.3, 0.4) is 0 Å². The lowest BCUT2D eigenvalue weighted by atomic mass is 10.1. The smallest absolute Gasteiger partial charge is 0.109 e. The minimum Gasteiger partial charge on any atom is -0.338 e. The molecule has 4 heteroatoms. The van der Waals surface area contributed by atoms with Gasteiger partial charge in [0.05, 0.1) is 0 Å². The molecule has 0 bridgehead atoms. The summed E-state index contributed by atoms with van der Waals surface area (Å²) in [6.45, 7) is 3.36. The summed E-state index contributed by atoms with van der Waals surface area (Å²) in [5.74, 6) is 1.16. The number of nitrogens with zero attached hydrogens (tertiary/aromatic N) is 3. The van der Waals surface area contributed by atoms with Gasteiger partial charge in [0.2, 0.25) is 0 Å². The van der Waals surface area contributed by atoms with Crippen LogP contribution >= 0.6 is 0 Å². The van der Waals surface area contributed by atoms with Gasteiger partial charge >= 0.3 is 0 Å². The first-order valence-electron chi connectivity index (χ1n) is 5.14. The van der Waals surface area contributed by atoms with Crippen LogP contribution in [0.4, 0.5) is 0 Å². The highest BCUT2D eigenvalue weighted by atomic mass is 15.2. The second kappa shape index (κ2) is 4.11. The van der Waals surface area contributed by atoms with Crippen LogP contribution in [0.25, 0.3) is 0 Å². The third kappa shape index (κ3) is 2.13. The molecule has 4 nitrogen and oxygen atoms in total. The normalized spacial score (nSPS) is 24.0. The zero-order valence-corrected chi connectivity index (χ0v) is 8.90. The zero-order valence-electron chi connectivity index (χ0n) is 8.90. The molecule has 1 aromatic heterocycles. The van der Waals surface area contributed by atoms with Crippen LogP contribution in [-0.2, 0) is 13.5 Å². The molecule has 0 aromatic carbocycles. The van der Waals surface area contributed by atoms with Gasteiger partial charge in [0.15, 0.2) is 0 Å². The third-order valence-electron chi connectivity index (χ3n) is 2.81. The molecule has 0 radical (unpaired) electrons. The first-order chi connectivity index (χ1) is 6.75. The molecule has 78 valence electrons. The molecule has 0 amide bonds. The molecular formula is C10H18N4. The topological polar surface area (TPSA) is 33.1 Å². The lowest BCUT2D eigenvalue weighted by Gasteiger charge is -2.30. The SMILES string of the molecule is CN1CCNC(Cc2nccn2C)C1. The molecule has 2 rings (SSSR count). The van der Waals surface area contributed by atoms with E-state index in [-0.39, 0.29) is 0 Å². The second-order valence-corrected chi connectivity index (χ2v) is 4.07. The van der Waals surface area contributed by atoms with Crippen LogP contribution in [0.15, 0.2) is 12.4 Å². The van der Waals surface area contributed by atoms with Crippen LogP contribution < -0.4 is 5.32 Å². The average Bonchev–Trinajstić information content (AvgIpc) is 2.52. The summed E-state index contributed by atoms with van der Waals surface area (Å²) >= 11 is 0. The molecule has 0 saturated carbocycles. The lowest BCUT2D eigenvalue weighted by Crippen LogP contribution is -2.50. The van der Waals surface area contributed by atoms with Gasteiger partial charge in [0.25, 0.3) is 0 Å². The minimum atomic E-state index is 0.551. The number of hydrogen-bond donors (Lipinski definition) is 1. The van der Waals surface area contributed by atoms with Gasteiger partial charge in [0.1, 0.15) is 5.82 Å². The van der Waals surface area contributed by atoms with E-state index in [2.05, 4.69) is 33.9 Å². The van der Waals surface area contributed by atoms with Crippen LogP contribution in [0.5, 0.6) is 0 Å². The number of piperazine rings is 1. The Hall–Kier alpha value is -0.870. The van der Waals surface area contributed by atoms with E-state index in [1.54, 1.807) is 0 Å². The molecule has 1 fully saturated rings. The van der Waals surface area contributed by atoms with Gasteiger partial charge in [-0.3, -0.25) is 0 Å². The van der Waals surface area contributed by atoms with Crippen molar-refractivity contribution in [1.82, 2.24) is 19.8 Å². The monoisotopic (exact) mass is 194 g/mol. The number of rotatable bonds is 2. The Morgan fingerprint density at radius 3 is 3.07 bits per heavy atom. The molecule has 2 heterocycles. The summed E-state index contributed by atoms with van der Waals surface area (Å²) in [7, 11) is 4.22. The van der Waals surface area contributed by atoms with Crippen LogP contribution in [0.2, 0.25) is 0 Å². The van der Waals surface area contributed by atoms with Crippen LogP contribution in [0.1, 0.15) is 5.82 Å². The molecule has 1 aliphatic heterocycles. The maximum Gasteiger partial charge on any atom is 0.109 e. The van der Waals surface area contributed by atoms with E-state index in [1.165, 1.54) is 0 Å². The molecular weight excluding hydrogens is 176 g/mol. The maximum atomic E-state index is 4.34. The van der Waals surface area contributed by atoms with E-state index in [1.807, 2.05) is 12.4 Å². The molecule has 1 N–H and O–H groups in total. The number of nitrogens with one attached hydrogen (secondary N) is 1. The first-order valence-corrected chi connectivity index (χ1v) is 5.14. The highest BCUT2D eigenvalue weighted by Gasteiger charge is 2.17. The Labute approximate surface area is 84.9 Å². The molecule has 1 aromatic rings. The number of aryl methyl sites for hydroxylation is 1. The van der Waals surface area contributed by atoms with E-state index in [0.29, 0.717) is 6.04 Å². The van der Waals surface area contributed by atoms with Crippen molar-refractivity contribution in [3.8, 4) is 0 Å².